The van der Waals surface area contributed by atoms with E-state index in [0.717, 1.165) is 56.5 Å². The predicted octanol–water partition coefficient (Wildman–Crippen LogP) is 1.95. The van der Waals surface area contributed by atoms with Crippen LogP contribution < -0.4 is 0 Å². The second-order valence-electron chi connectivity index (χ2n) is 8.09. The molecule has 6 nitrogen and oxygen atoms in total. The van der Waals surface area contributed by atoms with Gasteiger partial charge in [-0.3, -0.25) is 9.69 Å². The molecule has 0 aromatic carbocycles. The fraction of sp³-hybridized carbons (Fsp3) is 0.762. The maximum Gasteiger partial charge on any atom is 0.170 e. The molecule has 2 saturated heterocycles. The van der Waals surface area contributed by atoms with Gasteiger partial charge in [-0.25, -0.2) is 0 Å². The van der Waals surface area contributed by atoms with Crippen molar-refractivity contribution in [2.24, 2.45) is 11.8 Å². The molecule has 0 N–H and O–H groups in total. The number of ketones is 1. The van der Waals surface area contributed by atoms with Gasteiger partial charge in [0.15, 0.2) is 12.1 Å². The maximum absolute atomic E-state index is 12.9. The number of hydrogen-bond acceptors (Lipinski definition) is 6. The number of nitrogens with zero attached hydrogens (tertiary/aromatic N) is 1. The first-order valence-electron chi connectivity index (χ1n) is 10.2. The summed E-state index contributed by atoms with van der Waals surface area (Å²) >= 11 is 0. The Labute approximate surface area is 161 Å². The average Bonchev–Trinajstić information content (AvgIpc) is 3.30. The summed E-state index contributed by atoms with van der Waals surface area (Å²) in [6, 6.07) is 0. The number of fused-ring (bicyclic) bond motifs is 1. The Hall–Kier alpha value is -1.05. The lowest BCUT2D eigenvalue weighted by Gasteiger charge is -2.33. The Morgan fingerprint density at radius 2 is 1.74 bits per heavy atom. The summed E-state index contributed by atoms with van der Waals surface area (Å²) in [4.78, 5) is 15.3. The van der Waals surface area contributed by atoms with Gasteiger partial charge in [-0.05, 0) is 62.4 Å². The van der Waals surface area contributed by atoms with Crippen molar-refractivity contribution < 1.29 is 23.7 Å². The maximum atomic E-state index is 12.9. The zero-order valence-corrected chi connectivity index (χ0v) is 16.4. The zero-order chi connectivity index (χ0) is 18.8. The number of carbonyl (C=O) groups excluding carboxylic acids is 1. The molecule has 0 aromatic rings. The highest BCUT2D eigenvalue weighted by Gasteiger charge is 2.39. The van der Waals surface area contributed by atoms with Crippen molar-refractivity contribution >= 4 is 5.78 Å². The number of piperidine rings is 1. The third-order valence-corrected chi connectivity index (χ3v) is 6.44. The first kappa shape index (κ1) is 19.3. The monoisotopic (exact) mass is 377 g/mol. The molecule has 2 heterocycles. The van der Waals surface area contributed by atoms with Crippen molar-refractivity contribution in [2.45, 2.75) is 44.2 Å². The average molecular weight is 377 g/mol. The Balaban J connectivity index is 1.30. The molecule has 3 fully saturated rings. The number of rotatable bonds is 6. The third-order valence-electron chi connectivity index (χ3n) is 6.44. The Bertz CT molecular complexity index is 602. The lowest BCUT2D eigenvalue weighted by Crippen LogP contribution is -2.39. The Kier molecular flexibility index (Phi) is 6.09. The first-order chi connectivity index (χ1) is 13.2. The number of hydrogen-bond donors (Lipinski definition) is 0. The topological polar surface area (TPSA) is 57.2 Å². The molecule has 3 atom stereocenters. The minimum absolute atomic E-state index is 0.0533. The molecular formula is C21H31NO5. The van der Waals surface area contributed by atoms with Crippen molar-refractivity contribution in [1.29, 1.82) is 0 Å². The molecule has 0 amide bonds. The van der Waals surface area contributed by atoms with Crippen molar-refractivity contribution in [3.8, 4) is 0 Å². The van der Waals surface area contributed by atoms with E-state index in [1.54, 1.807) is 14.2 Å². The highest BCUT2D eigenvalue weighted by atomic mass is 16.7. The third kappa shape index (κ3) is 4.20. The second-order valence-corrected chi connectivity index (χ2v) is 8.09. The molecule has 150 valence electrons. The van der Waals surface area contributed by atoms with Crippen molar-refractivity contribution in [3.63, 3.8) is 0 Å². The van der Waals surface area contributed by atoms with Crippen LogP contribution in [0.4, 0.5) is 0 Å². The van der Waals surface area contributed by atoms with Gasteiger partial charge in [-0.1, -0.05) is 0 Å². The molecule has 0 radical (unpaired) electrons. The molecule has 4 rings (SSSR count). The second kappa shape index (κ2) is 8.53. The van der Waals surface area contributed by atoms with Gasteiger partial charge in [0.1, 0.15) is 12.2 Å². The molecule has 0 aromatic heterocycles. The van der Waals surface area contributed by atoms with Crippen LogP contribution in [-0.2, 0) is 23.7 Å². The standard InChI is InChI=1S/C21H31NO5/c1-24-18-11-15-10-16(21(23)17(15)12-19(18)25-2)9-14-3-5-22(6-4-14)13-20-26-7-8-27-20/h11-12,14,16,18-20H,3-10,13H2,1-2H3. The van der Waals surface area contributed by atoms with Gasteiger partial charge in [-0.15, -0.1) is 0 Å². The van der Waals surface area contributed by atoms with Crippen molar-refractivity contribution in [2.75, 3.05) is 47.1 Å². The van der Waals surface area contributed by atoms with Gasteiger partial charge in [0.05, 0.1) is 13.2 Å². The molecule has 2 aliphatic heterocycles. The van der Waals surface area contributed by atoms with Crippen molar-refractivity contribution in [3.05, 3.63) is 23.3 Å². The summed E-state index contributed by atoms with van der Waals surface area (Å²) in [5, 5.41) is 0. The number of Topliss-reactive ketones (excluding diaryl/α,β-unsaturated/α-hetero) is 1. The number of likely N-dealkylation sites (tertiary alicyclic amines) is 1. The molecule has 2 aliphatic carbocycles. The summed E-state index contributed by atoms with van der Waals surface area (Å²) in [6.45, 7) is 4.43. The summed E-state index contributed by atoms with van der Waals surface area (Å²) in [5.41, 5.74) is 2.02. The summed E-state index contributed by atoms with van der Waals surface area (Å²) in [5.74, 6) is 1.04. The van der Waals surface area contributed by atoms with E-state index >= 15 is 0 Å². The molecular weight excluding hydrogens is 346 g/mol. The van der Waals surface area contributed by atoms with Gasteiger partial charge in [-0.2, -0.15) is 0 Å². The summed E-state index contributed by atoms with van der Waals surface area (Å²) in [6.07, 6.45) is 7.89. The molecule has 1 saturated carbocycles. The van der Waals surface area contributed by atoms with Gasteiger partial charge in [0, 0.05) is 32.3 Å². The normalized spacial score (nSPS) is 33.3. The van der Waals surface area contributed by atoms with Crippen LogP contribution in [0.2, 0.25) is 0 Å². The van der Waals surface area contributed by atoms with Crippen LogP contribution >= 0.6 is 0 Å². The minimum Gasteiger partial charge on any atom is -0.374 e. The van der Waals surface area contributed by atoms with E-state index < -0.39 is 0 Å². The van der Waals surface area contributed by atoms with Crippen LogP contribution in [0.3, 0.4) is 0 Å². The van der Waals surface area contributed by atoms with Gasteiger partial charge < -0.3 is 18.9 Å². The lowest BCUT2D eigenvalue weighted by atomic mass is 9.86. The molecule has 3 unspecified atom stereocenters. The molecule has 4 aliphatic rings. The number of ether oxygens (including phenoxy) is 4. The quantitative estimate of drug-likeness (QED) is 0.705. The zero-order valence-electron chi connectivity index (χ0n) is 16.4. The number of carbonyl (C=O) groups is 1. The fourth-order valence-electron chi connectivity index (χ4n) is 4.87. The Morgan fingerprint density at radius 1 is 1.07 bits per heavy atom. The number of allylic oxidation sites excluding steroid dienone is 2. The number of methoxy groups -OCH3 is 2. The van der Waals surface area contributed by atoms with Crippen LogP contribution in [0.15, 0.2) is 23.3 Å². The van der Waals surface area contributed by atoms with E-state index in [1.165, 1.54) is 0 Å². The molecule has 0 bridgehead atoms. The van der Waals surface area contributed by atoms with Crippen LogP contribution in [0.5, 0.6) is 0 Å². The van der Waals surface area contributed by atoms with Gasteiger partial charge in [0.2, 0.25) is 0 Å². The van der Waals surface area contributed by atoms with Crippen LogP contribution in [0.25, 0.3) is 0 Å². The van der Waals surface area contributed by atoms with E-state index in [9.17, 15) is 4.79 Å². The summed E-state index contributed by atoms with van der Waals surface area (Å²) < 4.78 is 22.1. The van der Waals surface area contributed by atoms with Crippen LogP contribution in [0, 0.1) is 11.8 Å². The van der Waals surface area contributed by atoms with Crippen molar-refractivity contribution in [1.82, 2.24) is 4.90 Å². The van der Waals surface area contributed by atoms with Crippen LogP contribution in [0.1, 0.15) is 25.7 Å². The molecule has 0 spiro atoms. The highest BCUT2D eigenvalue weighted by molar-refractivity contribution is 6.05. The van der Waals surface area contributed by atoms with Crippen LogP contribution in [-0.4, -0.2) is 76.2 Å². The van der Waals surface area contributed by atoms with Gasteiger partial charge >= 0.3 is 0 Å². The minimum atomic E-state index is -0.167. The van der Waals surface area contributed by atoms with E-state index in [2.05, 4.69) is 11.0 Å². The van der Waals surface area contributed by atoms with E-state index in [-0.39, 0.29) is 24.4 Å². The molecule has 6 heteroatoms. The first-order valence-corrected chi connectivity index (χ1v) is 10.2. The fourth-order valence-corrected chi connectivity index (χ4v) is 4.87. The smallest absolute Gasteiger partial charge is 0.170 e. The van der Waals surface area contributed by atoms with E-state index in [0.29, 0.717) is 24.9 Å². The predicted molar refractivity (Wildman–Crippen MR) is 100 cm³/mol. The highest BCUT2D eigenvalue weighted by Crippen LogP contribution is 2.40. The van der Waals surface area contributed by atoms with E-state index in [4.69, 9.17) is 18.9 Å². The Morgan fingerprint density at radius 3 is 2.41 bits per heavy atom. The van der Waals surface area contributed by atoms with Gasteiger partial charge in [0.25, 0.3) is 0 Å². The SMILES string of the molecule is COC1C=C2CC(CC3CCN(CC4OCCO4)CC3)C(=O)C2=CC1OC. The largest absolute Gasteiger partial charge is 0.374 e. The summed E-state index contributed by atoms with van der Waals surface area (Å²) in [7, 11) is 3.36. The molecule has 27 heavy (non-hydrogen) atoms. The van der Waals surface area contributed by atoms with E-state index in [1.807, 2.05) is 6.08 Å². The lowest BCUT2D eigenvalue weighted by molar-refractivity contribution is -0.118.